The summed E-state index contributed by atoms with van der Waals surface area (Å²) in [6.07, 6.45) is 0. The van der Waals surface area contributed by atoms with Crippen LogP contribution in [0.1, 0.15) is 2.85 Å². The standard InChI is InChI=1S/Al.ClH.K.Na.H2O4S.5H/c;;;;1-5(2,3)4;;;;;/h;1H;;;(H2,1,2,3,4);;;;;/q;;2*+1;;;;;2*-1. The molecule has 0 aromatic carbocycles. The second-order valence-electron chi connectivity index (χ2n) is 0.448. The molecule has 9 heavy (non-hydrogen) atoms. The second kappa shape index (κ2) is 13.9. The van der Waals surface area contributed by atoms with E-state index in [1.165, 1.54) is 0 Å². The van der Waals surface area contributed by atoms with Crippen LogP contribution in [0.5, 0.6) is 0 Å². The molecule has 0 saturated heterocycles. The van der Waals surface area contributed by atoms with Gasteiger partial charge in [0, 0.05) is 0 Å². The van der Waals surface area contributed by atoms with Gasteiger partial charge in [0.1, 0.15) is 0 Å². The zero-order valence-electron chi connectivity index (χ0n) is 6.53. The molecule has 0 saturated carbocycles. The van der Waals surface area contributed by atoms with Gasteiger partial charge in [-0.25, -0.2) is 0 Å². The number of hydrogen-bond donors (Lipinski definition) is 2. The molecule has 0 radical (unpaired) electrons. The zero-order chi connectivity index (χ0) is 4.50. The van der Waals surface area contributed by atoms with E-state index in [-0.39, 0.29) is 114 Å². The van der Waals surface area contributed by atoms with Crippen molar-refractivity contribution < 1.29 is 101 Å². The van der Waals surface area contributed by atoms with Crippen molar-refractivity contribution in [2.24, 2.45) is 0 Å². The Morgan fingerprint density at radius 3 is 1.22 bits per heavy atom. The van der Waals surface area contributed by atoms with Crippen molar-refractivity contribution in [3.63, 3.8) is 0 Å². The molecule has 50 valence electrons. The summed E-state index contributed by atoms with van der Waals surface area (Å²) in [5.74, 6) is 0. The van der Waals surface area contributed by atoms with E-state index >= 15 is 0 Å². The van der Waals surface area contributed by atoms with Gasteiger partial charge >= 0.3 is 91.3 Å². The Hall–Kier alpha value is 3.33. The first kappa shape index (κ1) is 29.5. The van der Waals surface area contributed by atoms with Crippen LogP contribution in [0.25, 0.3) is 0 Å². The van der Waals surface area contributed by atoms with E-state index in [0.29, 0.717) is 0 Å². The van der Waals surface area contributed by atoms with Crippen molar-refractivity contribution in [1.82, 2.24) is 0 Å². The summed E-state index contributed by atoms with van der Waals surface area (Å²) in [7, 11) is -4.67. The molecule has 0 aliphatic rings. The number of rotatable bonds is 0. The minimum atomic E-state index is -4.67. The molecule has 0 aromatic heterocycles. The SMILES string of the molecule is Cl.O=S(=O)(O)O.[AlH3].[H-].[H-].[K+].[Na+]. The van der Waals surface area contributed by atoms with Crippen molar-refractivity contribution in [3.05, 3.63) is 0 Å². The largest absolute Gasteiger partial charge is 1.00 e. The molecular weight excluding hydrogens is 221 g/mol. The van der Waals surface area contributed by atoms with E-state index in [2.05, 4.69) is 0 Å². The van der Waals surface area contributed by atoms with E-state index in [0.717, 1.165) is 0 Å². The van der Waals surface area contributed by atoms with E-state index in [1.54, 1.807) is 0 Å². The molecule has 0 fully saturated rings. The van der Waals surface area contributed by atoms with Gasteiger partial charge in [-0.1, -0.05) is 0 Å². The van der Waals surface area contributed by atoms with Crippen molar-refractivity contribution in [3.8, 4) is 0 Å². The van der Waals surface area contributed by atoms with Gasteiger partial charge in [0.05, 0.1) is 0 Å². The average molecular weight is 229 g/mol. The van der Waals surface area contributed by atoms with E-state index in [9.17, 15) is 0 Å². The Bertz CT molecular complexity index is 111. The van der Waals surface area contributed by atoms with Gasteiger partial charge in [-0.15, -0.1) is 12.4 Å². The maximum Gasteiger partial charge on any atom is 1.00 e. The van der Waals surface area contributed by atoms with Gasteiger partial charge in [-0.2, -0.15) is 8.42 Å². The summed E-state index contributed by atoms with van der Waals surface area (Å²) in [6, 6.07) is 0. The Kier molecular flexibility index (Phi) is 45.5. The molecule has 0 aromatic rings. The summed E-state index contributed by atoms with van der Waals surface area (Å²) in [5, 5.41) is 0. The molecule has 0 bridgehead atoms. The van der Waals surface area contributed by atoms with Crippen molar-refractivity contribution in [2.45, 2.75) is 0 Å². The van der Waals surface area contributed by atoms with Crippen LogP contribution in [0.4, 0.5) is 0 Å². The number of hydrogen-bond acceptors (Lipinski definition) is 2. The second-order valence-corrected chi connectivity index (χ2v) is 1.34. The molecule has 0 unspecified atom stereocenters. The predicted octanol–water partition coefficient (Wildman–Crippen LogP) is -7.18. The predicted molar refractivity (Wildman–Crippen MR) is 33.6 cm³/mol. The molecule has 0 amide bonds. The molecule has 0 rings (SSSR count). The minimum absolute atomic E-state index is 0. The van der Waals surface area contributed by atoms with Crippen LogP contribution in [0, 0.1) is 0 Å². The third kappa shape index (κ3) is 89.0. The van der Waals surface area contributed by atoms with Gasteiger partial charge in [-0.3, -0.25) is 9.11 Å². The molecule has 0 aliphatic heterocycles. The Labute approximate surface area is 138 Å². The molecule has 0 aliphatic carbocycles. The van der Waals surface area contributed by atoms with Crippen LogP contribution < -0.4 is 80.9 Å². The molecule has 0 atom stereocenters. The van der Waals surface area contributed by atoms with Gasteiger partial charge in [-0.05, 0) is 0 Å². The van der Waals surface area contributed by atoms with Crippen LogP contribution in [-0.2, 0) is 10.4 Å². The Morgan fingerprint density at radius 2 is 1.22 bits per heavy atom. The topological polar surface area (TPSA) is 74.6 Å². The first-order valence-electron chi connectivity index (χ1n) is 0.698. The average Bonchev–Trinajstić information content (AvgIpc) is 0.722. The van der Waals surface area contributed by atoms with E-state index in [4.69, 9.17) is 17.5 Å². The fraction of sp³-hybridized carbons (Fsp3) is 0. The maximum absolute atomic E-state index is 8.74. The summed E-state index contributed by atoms with van der Waals surface area (Å²) in [6.45, 7) is 0. The molecule has 0 heterocycles. The number of halogens is 1. The summed E-state index contributed by atoms with van der Waals surface area (Å²) >= 11 is 0. The van der Waals surface area contributed by atoms with Crippen LogP contribution in [0.2, 0.25) is 0 Å². The monoisotopic (exact) mass is 228 g/mol. The third-order valence-electron chi connectivity index (χ3n) is 0. The third-order valence-corrected chi connectivity index (χ3v) is 0. The van der Waals surface area contributed by atoms with E-state index in [1.807, 2.05) is 0 Å². The van der Waals surface area contributed by atoms with Crippen LogP contribution in [-0.4, -0.2) is 34.9 Å². The smallest absolute Gasteiger partial charge is 1.00 e. The molecule has 2 N–H and O–H groups in total. The Morgan fingerprint density at radius 1 is 1.22 bits per heavy atom. The summed E-state index contributed by atoms with van der Waals surface area (Å²) in [5.41, 5.74) is 0. The molecule has 4 nitrogen and oxygen atoms in total. The van der Waals surface area contributed by atoms with Gasteiger partial charge in [0.2, 0.25) is 0 Å². The Balaban J connectivity index is -0.00000000533. The van der Waals surface area contributed by atoms with Gasteiger partial charge < -0.3 is 2.85 Å². The van der Waals surface area contributed by atoms with Crippen molar-refractivity contribution >= 4 is 40.2 Å². The quantitative estimate of drug-likeness (QED) is 0.319. The van der Waals surface area contributed by atoms with Gasteiger partial charge in [0.25, 0.3) is 0 Å². The van der Waals surface area contributed by atoms with E-state index < -0.39 is 10.4 Å². The maximum atomic E-state index is 8.74. The van der Waals surface area contributed by atoms with Crippen LogP contribution in [0.3, 0.4) is 0 Å². The normalized spacial score (nSPS) is 6.44. The molecule has 0 spiro atoms. The molecular formula is H8AlClKNaO4S. The van der Waals surface area contributed by atoms with Crippen LogP contribution >= 0.6 is 12.4 Å². The fourth-order valence-corrected chi connectivity index (χ4v) is 0. The summed E-state index contributed by atoms with van der Waals surface area (Å²) in [4.78, 5) is 0. The van der Waals surface area contributed by atoms with Crippen LogP contribution in [0.15, 0.2) is 0 Å². The van der Waals surface area contributed by atoms with Crippen molar-refractivity contribution in [1.29, 1.82) is 0 Å². The van der Waals surface area contributed by atoms with Crippen molar-refractivity contribution in [2.75, 3.05) is 0 Å². The first-order chi connectivity index (χ1) is 2.00. The zero-order valence-corrected chi connectivity index (χ0v) is 11.3. The minimum Gasteiger partial charge on any atom is -1.00 e. The van der Waals surface area contributed by atoms with Gasteiger partial charge in [0.15, 0.2) is 17.4 Å². The molecule has 9 heteroatoms. The summed E-state index contributed by atoms with van der Waals surface area (Å²) < 4.78 is 31.6. The fourth-order valence-electron chi connectivity index (χ4n) is 0. The first-order valence-corrected chi connectivity index (χ1v) is 2.10.